The predicted molar refractivity (Wildman–Crippen MR) is 108 cm³/mol. The molecule has 1 unspecified atom stereocenters. The second kappa shape index (κ2) is 11.4. The van der Waals surface area contributed by atoms with E-state index < -0.39 is 35.8 Å². The van der Waals surface area contributed by atoms with Crippen molar-refractivity contribution in [2.45, 2.75) is 39.1 Å². The standard InChI is InChI=1S/C22H24N2O6/c1-15(19(25)21(27)29-13-17-9-5-3-6-10-17)23-20(26)16(2)24-22(28)30-14-18-11-7-4-8-12-18/h3-12,15-16H,13-14H2,1-2H3,(H,23,26)(H,24,28)/t15?,16-/m0/s1. The van der Waals surface area contributed by atoms with Gasteiger partial charge in [0.1, 0.15) is 19.3 Å². The van der Waals surface area contributed by atoms with E-state index in [9.17, 15) is 19.2 Å². The third-order valence-corrected chi connectivity index (χ3v) is 4.11. The smallest absolute Gasteiger partial charge is 0.408 e. The zero-order chi connectivity index (χ0) is 21.9. The highest BCUT2D eigenvalue weighted by Crippen LogP contribution is 2.03. The molecule has 2 atom stereocenters. The number of hydrogen-bond donors (Lipinski definition) is 2. The molecule has 0 saturated heterocycles. The Morgan fingerprint density at radius 1 is 0.733 bits per heavy atom. The Morgan fingerprint density at radius 3 is 1.77 bits per heavy atom. The van der Waals surface area contributed by atoms with Crippen LogP contribution in [0.5, 0.6) is 0 Å². The number of esters is 1. The van der Waals surface area contributed by atoms with Gasteiger partial charge in [-0.15, -0.1) is 0 Å². The maximum Gasteiger partial charge on any atom is 0.408 e. The van der Waals surface area contributed by atoms with Crippen LogP contribution in [-0.2, 0) is 37.1 Å². The van der Waals surface area contributed by atoms with Gasteiger partial charge in [0.15, 0.2) is 0 Å². The number of carbonyl (C=O) groups excluding carboxylic acids is 4. The van der Waals surface area contributed by atoms with Crippen molar-refractivity contribution in [1.29, 1.82) is 0 Å². The number of carbonyl (C=O) groups is 4. The first-order valence-corrected chi connectivity index (χ1v) is 9.39. The maximum absolute atomic E-state index is 12.2. The molecule has 0 aliphatic heterocycles. The van der Waals surface area contributed by atoms with Crippen LogP contribution in [0.25, 0.3) is 0 Å². The molecule has 2 rings (SSSR count). The summed E-state index contributed by atoms with van der Waals surface area (Å²) in [5.74, 6) is -2.57. The number of rotatable bonds is 9. The summed E-state index contributed by atoms with van der Waals surface area (Å²) in [4.78, 5) is 48.0. The largest absolute Gasteiger partial charge is 0.455 e. The molecule has 158 valence electrons. The number of hydrogen-bond acceptors (Lipinski definition) is 6. The molecule has 8 nitrogen and oxygen atoms in total. The van der Waals surface area contributed by atoms with E-state index in [1.807, 2.05) is 24.3 Å². The van der Waals surface area contributed by atoms with Crippen molar-refractivity contribution in [3.05, 3.63) is 71.8 Å². The third kappa shape index (κ3) is 7.38. The van der Waals surface area contributed by atoms with Crippen molar-refractivity contribution in [2.24, 2.45) is 0 Å². The number of ketones is 1. The molecule has 0 saturated carbocycles. The van der Waals surface area contributed by atoms with Gasteiger partial charge in [-0.05, 0) is 25.0 Å². The van der Waals surface area contributed by atoms with Crippen molar-refractivity contribution in [3.63, 3.8) is 0 Å². The van der Waals surface area contributed by atoms with Crippen molar-refractivity contribution in [2.75, 3.05) is 0 Å². The van der Waals surface area contributed by atoms with E-state index in [0.717, 1.165) is 11.1 Å². The first-order chi connectivity index (χ1) is 14.4. The lowest BCUT2D eigenvalue weighted by atomic mass is 10.2. The molecule has 0 radical (unpaired) electrons. The second-order valence-electron chi connectivity index (χ2n) is 6.58. The topological polar surface area (TPSA) is 111 Å². The number of nitrogens with one attached hydrogen (secondary N) is 2. The fourth-order valence-electron chi connectivity index (χ4n) is 2.38. The Balaban J connectivity index is 1.74. The van der Waals surface area contributed by atoms with Gasteiger partial charge < -0.3 is 20.1 Å². The van der Waals surface area contributed by atoms with Crippen molar-refractivity contribution >= 4 is 23.8 Å². The molecule has 0 bridgehead atoms. The van der Waals surface area contributed by atoms with Crippen molar-refractivity contribution in [1.82, 2.24) is 10.6 Å². The second-order valence-corrected chi connectivity index (χ2v) is 6.58. The van der Waals surface area contributed by atoms with Gasteiger partial charge in [0, 0.05) is 0 Å². The van der Waals surface area contributed by atoms with Crippen LogP contribution in [-0.4, -0.2) is 35.8 Å². The first-order valence-electron chi connectivity index (χ1n) is 9.39. The zero-order valence-corrected chi connectivity index (χ0v) is 16.8. The average Bonchev–Trinajstić information content (AvgIpc) is 2.76. The minimum absolute atomic E-state index is 0.0444. The number of alkyl carbamates (subject to hydrolysis) is 1. The van der Waals surface area contributed by atoms with Crippen LogP contribution >= 0.6 is 0 Å². The first kappa shape index (κ1) is 22.6. The molecular weight excluding hydrogens is 388 g/mol. The van der Waals surface area contributed by atoms with E-state index in [1.54, 1.807) is 36.4 Å². The summed E-state index contributed by atoms with van der Waals surface area (Å²) in [5, 5.41) is 4.75. The Labute approximate surface area is 174 Å². The summed E-state index contributed by atoms with van der Waals surface area (Å²) in [6, 6.07) is 15.9. The van der Waals surface area contributed by atoms with Gasteiger partial charge in [0.2, 0.25) is 5.91 Å². The van der Waals surface area contributed by atoms with Gasteiger partial charge in [0.05, 0.1) is 6.04 Å². The van der Waals surface area contributed by atoms with Crippen LogP contribution in [0.2, 0.25) is 0 Å². The quantitative estimate of drug-likeness (QED) is 0.482. The van der Waals surface area contributed by atoms with E-state index in [0.29, 0.717) is 0 Å². The highest BCUT2D eigenvalue weighted by molar-refractivity contribution is 6.35. The summed E-state index contributed by atoms with van der Waals surface area (Å²) >= 11 is 0. The normalized spacial score (nSPS) is 12.2. The molecule has 2 N–H and O–H groups in total. The lowest BCUT2D eigenvalue weighted by Gasteiger charge is -2.17. The van der Waals surface area contributed by atoms with Crippen LogP contribution < -0.4 is 10.6 Å². The van der Waals surface area contributed by atoms with Gasteiger partial charge >= 0.3 is 12.1 Å². The molecule has 2 aromatic rings. The minimum atomic E-state index is -1.11. The van der Waals surface area contributed by atoms with Crippen LogP contribution in [0.1, 0.15) is 25.0 Å². The molecular formula is C22H24N2O6. The molecule has 2 aromatic carbocycles. The van der Waals surface area contributed by atoms with E-state index in [2.05, 4.69) is 10.6 Å². The molecule has 0 aliphatic rings. The number of amides is 2. The van der Waals surface area contributed by atoms with Gasteiger partial charge in [-0.1, -0.05) is 60.7 Å². The third-order valence-electron chi connectivity index (χ3n) is 4.11. The highest BCUT2D eigenvalue weighted by Gasteiger charge is 2.26. The number of ether oxygens (including phenoxy) is 2. The van der Waals surface area contributed by atoms with Crippen LogP contribution in [0, 0.1) is 0 Å². The average molecular weight is 412 g/mol. The molecule has 0 aromatic heterocycles. The molecule has 0 heterocycles. The number of benzene rings is 2. The molecule has 2 amide bonds. The van der Waals surface area contributed by atoms with E-state index in [4.69, 9.17) is 9.47 Å². The molecule has 30 heavy (non-hydrogen) atoms. The monoisotopic (exact) mass is 412 g/mol. The van der Waals surface area contributed by atoms with Crippen LogP contribution in [0.15, 0.2) is 60.7 Å². The van der Waals surface area contributed by atoms with Gasteiger partial charge in [-0.3, -0.25) is 9.59 Å². The number of Topliss-reactive ketones (excluding diaryl/α,β-unsaturated/α-hetero) is 1. The summed E-state index contributed by atoms with van der Waals surface area (Å²) in [7, 11) is 0. The molecule has 8 heteroatoms. The van der Waals surface area contributed by atoms with Crippen LogP contribution in [0.4, 0.5) is 4.79 Å². The van der Waals surface area contributed by atoms with Crippen molar-refractivity contribution in [3.8, 4) is 0 Å². The molecule has 0 aliphatic carbocycles. The Bertz CT molecular complexity index is 870. The Morgan fingerprint density at radius 2 is 1.23 bits per heavy atom. The fraction of sp³-hybridized carbons (Fsp3) is 0.273. The lowest BCUT2D eigenvalue weighted by Crippen LogP contribution is -2.50. The highest BCUT2D eigenvalue weighted by atomic mass is 16.5. The van der Waals surface area contributed by atoms with E-state index >= 15 is 0 Å². The molecule has 0 fully saturated rings. The Kier molecular flexibility index (Phi) is 8.56. The summed E-state index contributed by atoms with van der Waals surface area (Å²) in [5.41, 5.74) is 1.54. The van der Waals surface area contributed by atoms with Gasteiger partial charge in [-0.2, -0.15) is 0 Å². The van der Waals surface area contributed by atoms with E-state index in [1.165, 1.54) is 13.8 Å². The van der Waals surface area contributed by atoms with Gasteiger partial charge in [-0.25, -0.2) is 9.59 Å². The SMILES string of the molecule is CC(NC(=O)[C@H](C)NC(=O)OCc1ccccc1)C(=O)C(=O)OCc1ccccc1. The lowest BCUT2D eigenvalue weighted by molar-refractivity contribution is -0.155. The minimum Gasteiger partial charge on any atom is -0.455 e. The maximum atomic E-state index is 12.2. The van der Waals surface area contributed by atoms with Crippen LogP contribution in [0.3, 0.4) is 0 Å². The van der Waals surface area contributed by atoms with Gasteiger partial charge in [0.25, 0.3) is 5.78 Å². The summed E-state index contributed by atoms with van der Waals surface area (Å²) in [6.45, 7) is 2.81. The van der Waals surface area contributed by atoms with E-state index in [-0.39, 0.29) is 13.2 Å². The Hall–Kier alpha value is -3.68. The van der Waals surface area contributed by atoms with Crippen molar-refractivity contribution < 1.29 is 28.7 Å². The summed E-state index contributed by atoms with van der Waals surface area (Å²) < 4.78 is 10.0. The zero-order valence-electron chi connectivity index (χ0n) is 16.8. The molecule has 0 spiro atoms. The fourth-order valence-corrected chi connectivity index (χ4v) is 2.38. The predicted octanol–water partition coefficient (Wildman–Crippen LogP) is 2.12. The summed E-state index contributed by atoms with van der Waals surface area (Å²) in [6.07, 6.45) is -0.775.